The monoisotopic (exact) mass is 426 g/mol. The van der Waals surface area contributed by atoms with E-state index in [0.717, 1.165) is 21.6 Å². The van der Waals surface area contributed by atoms with Crippen LogP contribution in [0.5, 0.6) is 0 Å². The molecule has 1 N–H and O–H groups in total. The van der Waals surface area contributed by atoms with E-state index in [1.54, 1.807) is 11.8 Å². The zero-order chi connectivity index (χ0) is 21.0. The maximum atomic E-state index is 12.3. The van der Waals surface area contributed by atoms with Crippen LogP contribution in [0, 0.1) is 13.8 Å². The highest BCUT2D eigenvalue weighted by Crippen LogP contribution is 2.31. The minimum atomic E-state index is -0.0565. The lowest BCUT2D eigenvalue weighted by Crippen LogP contribution is -2.14. The van der Waals surface area contributed by atoms with Crippen LogP contribution < -0.4 is 5.32 Å². The molecule has 2 aromatic carbocycles. The Labute approximate surface area is 180 Å². The quantitative estimate of drug-likeness (QED) is 0.510. The minimum absolute atomic E-state index is 0.0565. The third-order valence-electron chi connectivity index (χ3n) is 4.43. The zero-order valence-corrected chi connectivity index (χ0v) is 19.0. The van der Waals surface area contributed by atoms with Crippen molar-refractivity contribution in [3.05, 3.63) is 59.4 Å². The molecule has 0 saturated carbocycles. The van der Waals surface area contributed by atoms with E-state index in [0.29, 0.717) is 11.7 Å². The van der Waals surface area contributed by atoms with E-state index in [1.807, 2.05) is 35.9 Å². The Hall–Kier alpha value is -2.25. The molecule has 29 heavy (non-hydrogen) atoms. The SMILES string of the molecule is Cc1ccc(C)c(Sc2ccc(NC(=O)CSc3nnc(C(C)C)n3C)cc2)c1. The largest absolute Gasteiger partial charge is 0.325 e. The van der Waals surface area contributed by atoms with Crippen molar-refractivity contribution in [1.29, 1.82) is 0 Å². The second kappa shape index (κ2) is 9.50. The van der Waals surface area contributed by atoms with Gasteiger partial charge in [-0.25, -0.2) is 0 Å². The molecule has 152 valence electrons. The minimum Gasteiger partial charge on any atom is -0.325 e. The first-order valence-corrected chi connectivity index (χ1v) is 11.3. The summed E-state index contributed by atoms with van der Waals surface area (Å²) in [6.07, 6.45) is 0. The summed E-state index contributed by atoms with van der Waals surface area (Å²) in [5.74, 6) is 1.46. The number of aromatic nitrogens is 3. The zero-order valence-electron chi connectivity index (χ0n) is 17.4. The van der Waals surface area contributed by atoms with Crippen molar-refractivity contribution in [3.63, 3.8) is 0 Å². The van der Waals surface area contributed by atoms with Crippen LogP contribution in [-0.4, -0.2) is 26.4 Å². The standard InChI is InChI=1S/C22H26N4OS2/c1-14(2)21-24-25-22(26(21)5)28-13-20(27)23-17-8-10-18(11-9-17)29-19-12-15(3)6-7-16(19)4/h6-12,14H,13H2,1-5H3,(H,23,27). The van der Waals surface area contributed by atoms with Gasteiger partial charge in [0.2, 0.25) is 5.91 Å². The van der Waals surface area contributed by atoms with E-state index >= 15 is 0 Å². The average Bonchev–Trinajstić information content (AvgIpc) is 3.05. The number of anilines is 1. The molecule has 0 aliphatic carbocycles. The second-order valence-corrected chi connectivity index (χ2v) is 9.34. The molecule has 0 bridgehead atoms. The molecule has 0 radical (unpaired) electrons. The lowest BCUT2D eigenvalue weighted by molar-refractivity contribution is -0.113. The Morgan fingerprint density at radius 1 is 1.10 bits per heavy atom. The first-order valence-electron chi connectivity index (χ1n) is 9.50. The van der Waals surface area contributed by atoms with Gasteiger partial charge >= 0.3 is 0 Å². The van der Waals surface area contributed by atoms with Gasteiger partial charge < -0.3 is 9.88 Å². The van der Waals surface area contributed by atoms with Gasteiger partial charge in [-0.15, -0.1) is 10.2 Å². The Bertz CT molecular complexity index is 997. The molecular weight excluding hydrogens is 400 g/mol. The molecule has 1 aromatic heterocycles. The predicted octanol–water partition coefficient (Wildman–Crippen LogP) is 5.44. The molecule has 7 heteroatoms. The van der Waals surface area contributed by atoms with Crippen LogP contribution in [0.4, 0.5) is 5.69 Å². The Kier molecular flexibility index (Phi) is 7.03. The number of nitrogens with zero attached hydrogens (tertiary/aromatic N) is 3. The van der Waals surface area contributed by atoms with Crippen molar-refractivity contribution in [2.24, 2.45) is 7.05 Å². The van der Waals surface area contributed by atoms with Gasteiger partial charge in [0.1, 0.15) is 5.82 Å². The molecule has 3 aromatic rings. The van der Waals surface area contributed by atoms with Crippen LogP contribution in [0.15, 0.2) is 57.4 Å². The van der Waals surface area contributed by atoms with E-state index in [2.05, 4.69) is 61.4 Å². The summed E-state index contributed by atoms with van der Waals surface area (Å²) in [5.41, 5.74) is 3.31. The van der Waals surface area contributed by atoms with E-state index in [-0.39, 0.29) is 5.91 Å². The van der Waals surface area contributed by atoms with Gasteiger partial charge in [-0.3, -0.25) is 4.79 Å². The molecule has 0 atom stereocenters. The van der Waals surface area contributed by atoms with Gasteiger partial charge in [0.15, 0.2) is 5.16 Å². The number of hydrogen-bond donors (Lipinski definition) is 1. The smallest absolute Gasteiger partial charge is 0.234 e. The molecule has 0 unspecified atom stereocenters. The van der Waals surface area contributed by atoms with Crippen molar-refractivity contribution in [2.75, 3.05) is 11.1 Å². The van der Waals surface area contributed by atoms with Gasteiger partial charge in [0, 0.05) is 28.4 Å². The second-order valence-electron chi connectivity index (χ2n) is 7.29. The Morgan fingerprint density at radius 2 is 1.83 bits per heavy atom. The molecule has 0 aliphatic rings. The van der Waals surface area contributed by atoms with E-state index in [1.165, 1.54) is 27.8 Å². The van der Waals surface area contributed by atoms with Gasteiger partial charge in [0.05, 0.1) is 5.75 Å². The molecule has 1 heterocycles. The highest BCUT2D eigenvalue weighted by Gasteiger charge is 2.13. The van der Waals surface area contributed by atoms with Gasteiger partial charge in [0.25, 0.3) is 0 Å². The normalized spacial score (nSPS) is 11.1. The number of amides is 1. The van der Waals surface area contributed by atoms with E-state index in [9.17, 15) is 4.79 Å². The average molecular weight is 427 g/mol. The predicted molar refractivity (Wildman–Crippen MR) is 121 cm³/mol. The summed E-state index contributed by atoms with van der Waals surface area (Å²) in [5, 5.41) is 12.1. The first kappa shape index (κ1) is 21.5. The third kappa shape index (κ3) is 5.64. The molecule has 0 spiro atoms. The van der Waals surface area contributed by atoms with Crippen molar-refractivity contribution >= 4 is 35.1 Å². The van der Waals surface area contributed by atoms with Crippen LogP contribution in [0.2, 0.25) is 0 Å². The summed E-state index contributed by atoms with van der Waals surface area (Å²) >= 11 is 3.13. The molecule has 0 fully saturated rings. The van der Waals surface area contributed by atoms with Gasteiger partial charge in [-0.05, 0) is 55.3 Å². The van der Waals surface area contributed by atoms with Crippen molar-refractivity contribution in [2.45, 2.75) is 48.6 Å². The highest BCUT2D eigenvalue weighted by atomic mass is 32.2. The fourth-order valence-corrected chi connectivity index (χ4v) is 4.55. The number of carbonyl (C=O) groups is 1. The Balaban J connectivity index is 1.55. The topological polar surface area (TPSA) is 59.8 Å². The summed E-state index contributed by atoms with van der Waals surface area (Å²) < 4.78 is 1.95. The van der Waals surface area contributed by atoms with Gasteiger partial charge in [-0.1, -0.05) is 49.5 Å². The third-order valence-corrected chi connectivity index (χ3v) is 6.61. The summed E-state index contributed by atoms with van der Waals surface area (Å²) in [6.45, 7) is 8.38. The van der Waals surface area contributed by atoms with Crippen molar-refractivity contribution < 1.29 is 4.79 Å². The number of rotatable bonds is 7. The number of aryl methyl sites for hydroxylation is 2. The van der Waals surface area contributed by atoms with Crippen LogP contribution in [0.3, 0.4) is 0 Å². The lowest BCUT2D eigenvalue weighted by atomic mass is 10.2. The molecule has 1 amide bonds. The highest BCUT2D eigenvalue weighted by molar-refractivity contribution is 7.99. The molecule has 0 saturated heterocycles. The van der Waals surface area contributed by atoms with Crippen LogP contribution in [0.25, 0.3) is 0 Å². The fraction of sp³-hybridized carbons (Fsp3) is 0.318. The molecule has 5 nitrogen and oxygen atoms in total. The molecule has 0 aliphatic heterocycles. The van der Waals surface area contributed by atoms with E-state index < -0.39 is 0 Å². The van der Waals surface area contributed by atoms with Crippen molar-refractivity contribution in [3.8, 4) is 0 Å². The molecule has 3 rings (SSSR count). The number of thioether (sulfide) groups is 1. The maximum Gasteiger partial charge on any atom is 0.234 e. The van der Waals surface area contributed by atoms with Crippen LogP contribution in [-0.2, 0) is 11.8 Å². The van der Waals surface area contributed by atoms with Crippen molar-refractivity contribution in [1.82, 2.24) is 14.8 Å². The fourth-order valence-electron chi connectivity index (χ4n) is 2.83. The van der Waals surface area contributed by atoms with Gasteiger partial charge in [-0.2, -0.15) is 0 Å². The number of nitrogens with one attached hydrogen (secondary N) is 1. The summed E-state index contributed by atoms with van der Waals surface area (Å²) in [7, 11) is 1.93. The maximum absolute atomic E-state index is 12.3. The van der Waals surface area contributed by atoms with Crippen LogP contribution >= 0.6 is 23.5 Å². The Morgan fingerprint density at radius 3 is 2.48 bits per heavy atom. The number of hydrogen-bond acceptors (Lipinski definition) is 5. The number of carbonyl (C=O) groups excluding carboxylic acids is 1. The van der Waals surface area contributed by atoms with E-state index in [4.69, 9.17) is 0 Å². The summed E-state index contributed by atoms with van der Waals surface area (Å²) in [4.78, 5) is 14.7. The first-order chi connectivity index (χ1) is 13.8. The number of benzene rings is 2. The van der Waals surface area contributed by atoms with Crippen LogP contribution in [0.1, 0.15) is 36.7 Å². The lowest BCUT2D eigenvalue weighted by Gasteiger charge is -2.09. The molecular formula is C22H26N4OS2. The summed E-state index contributed by atoms with van der Waals surface area (Å²) in [6, 6.07) is 14.4.